The van der Waals surface area contributed by atoms with Crippen LogP contribution >= 0.6 is 11.6 Å². The zero-order valence-electron chi connectivity index (χ0n) is 11.4. The van der Waals surface area contributed by atoms with Gasteiger partial charge in [0, 0.05) is 18.1 Å². The third kappa shape index (κ3) is 3.11. The van der Waals surface area contributed by atoms with Crippen LogP contribution in [-0.4, -0.2) is 29.2 Å². The van der Waals surface area contributed by atoms with Gasteiger partial charge in [-0.2, -0.15) is 0 Å². The summed E-state index contributed by atoms with van der Waals surface area (Å²) in [4.78, 5) is 13.7. The zero-order chi connectivity index (χ0) is 14.5. The smallest absolute Gasteiger partial charge is 0.324 e. The van der Waals surface area contributed by atoms with E-state index in [1.54, 1.807) is 23.2 Å². The van der Waals surface area contributed by atoms with Gasteiger partial charge < -0.3 is 9.42 Å². The van der Waals surface area contributed by atoms with E-state index in [0.29, 0.717) is 24.0 Å². The van der Waals surface area contributed by atoms with E-state index >= 15 is 0 Å². The Bertz CT molecular complexity index is 576. The van der Waals surface area contributed by atoms with Gasteiger partial charge in [-0.1, -0.05) is 28.9 Å². The molecule has 106 valence electrons. The SMILES string of the molecule is CCN(CC)C(=O)Nc1oncc1-c1ccc(Cl)cc1. The lowest BCUT2D eigenvalue weighted by Crippen LogP contribution is -2.34. The summed E-state index contributed by atoms with van der Waals surface area (Å²) in [6, 6.07) is 7.05. The molecule has 2 rings (SSSR count). The Morgan fingerprint density at radius 3 is 2.55 bits per heavy atom. The molecule has 0 aliphatic rings. The Balaban J connectivity index is 2.21. The lowest BCUT2D eigenvalue weighted by molar-refractivity contribution is 0.216. The molecular weight excluding hydrogens is 278 g/mol. The standard InChI is InChI=1S/C14H16ClN3O2/c1-3-18(4-2)14(19)17-13-12(9-16-20-13)10-5-7-11(15)8-6-10/h5-9H,3-4H2,1-2H3,(H,17,19). The summed E-state index contributed by atoms with van der Waals surface area (Å²) in [6.45, 7) is 5.10. The Labute approximate surface area is 122 Å². The van der Waals surface area contributed by atoms with Crippen LogP contribution in [0.25, 0.3) is 11.1 Å². The minimum absolute atomic E-state index is 0.207. The molecular formula is C14H16ClN3O2. The summed E-state index contributed by atoms with van der Waals surface area (Å²) < 4.78 is 5.12. The number of hydrogen-bond donors (Lipinski definition) is 1. The van der Waals surface area contributed by atoms with E-state index in [4.69, 9.17) is 16.1 Å². The molecule has 1 heterocycles. The summed E-state index contributed by atoms with van der Waals surface area (Å²) >= 11 is 5.86. The molecule has 0 saturated carbocycles. The van der Waals surface area contributed by atoms with E-state index in [0.717, 1.165) is 11.1 Å². The highest BCUT2D eigenvalue weighted by atomic mass is 35.5. The lowest BCUT2D eigenvalue weighted by atomic mass is 10.1. The first-order valence-electron chi connectivity index (χ1n) is 6.42. The number of halogens is 1. The van der Waals surface area contributed by atoms with Crippen molar-refractivity contribution in [2.24, 2.45) is 0 Å². The molecule has 0 aliphatic heterocycles. The maximum Gasteiger partial charge on any atom is 0.324 e. The molecule has 0 bridgehead atoms. The Morgan fingerprint density at radius 1 is 1.30 bits per heavy atom. The number of aromatic nitrogens is 1. The number of nitrogens with zero attached hydrogens (tertiary/aromatic N) is 2. The molecule has 0 aliphatic carbocycles. The van der Waals surface area contributed by atoms with Crippen molar-refractivity contribution in [3.05, 3.63) is 35.5 Å². The maximum atomic E-state index is 12.0. The fraction of sp³-hybridized carbons (Fsp3) is 0.286. The van der Waals surface area contributed by atoms with Crippen LogP contribution in [-0.2, 0) is 0 Å². The number of anilines is 1. The molecule has 1 aromatic carbocycles. The van der Waals surface area contributed by atoms with Crippen molar-refractivity contribution in [3.63, 3.8) is 0 Å². The van der Waals surface area contributed by atoms with Crippen molar-refractivity contribution in [3.8, 4) is 11.1 Å². The third-order valence-electron chi connectivity index (χ3n) is 3.00. The highest BCUT2D eigenvalue weighted by molar-refractivity contribution is 6.30. The van der Waals surface area contributed by atoms with Crippen LogP contribution in [0.15, 0.2) is 35.0 Å². The molecule has 1 aromatic heterocycles. The van der Waals surface area contributed by atoms with Crippen molar-refractivity contribution in [1.29, 1.82) is 0 Å². The van der Waals surface area contributed by atoms with E-state index in [1.165, 1.54) is 0 Å². The van der Waals surface area contributed by atoms with Crippen LogP contribution in [0.4, 0.5) is 10.7 Å². The molecule has 0 atom stereocenters. The molecule has 2 amide bonds. The van der Waals surface area contributed by atoms with Crippen LogP contribution in [0.3, 0.4) is 0 Å². The van der Waals surface area contributed by atoms with E-state index in [9.17, 15) is 4.79 Å². The second-order valence-corrected chi connectivity index (χ2v) is 4.61. The first-order valence-corrected chi connectivity index (χ1v) is 6.80. The number of hydrogen-bond acceptors (Lipinski definition) is 3. The summed E-state index contributed by atoms with van der Waals surface area (Å²) in [7, 11) is 0. The number of benzene rings is 1. The van der Waals surface area contributed by atoms with Gasteiger partial charge in [-0.05, 0) is 31.5 Å². The fourth-order valence-corrected chi connectivity index (χ4v) is 1.98. The van der Waals surface area contributed by atoms with Crippen molar-refractivity contribution >= 4 is 23.5 Å². The van der Waals surface area contributed by atoms with E-state index in [1.807, 2.05) is 26.0 Å². The quantitative estimate of drug-likeness (QED) is 0.931. The van der Waals surface area contributed by atoms with E-state index in [-0.39, 0.29) is 6.03 Å². The van der Waals surface area contributed by atoms with Gasteiger partial charge in [-0.25, -0.2) is 4.79 Å². The van der Waals surface area contributed by atoms with Gasteiger partial charge in [0.1, 0.15) is 0 Å². The summed E-state index contributed by atoms with van der Waals surface area (Å²) in [6.07, 6.45) is 1.57. The minimum Gasteiger partial charge on any atom is -0.338 e. The first-order chi connectivity index (χ1) is 9.65. The number of amides is 2. The van der Waals surface area contributed by atoms with Crippen molar-refractivity contribution < 1.29 is 9.32 Å². The molecule has 0 unspecified atom stereocenters. The molecule has 6 heteroatoms. The number of urea groups is 1. The average molecular weight is 294 g/mol. The molecule has 0 saturated heterocycles. The average Bonchev–Trinajstić information content (AvgIpc) is 2.89. The number of rotatable bonds is 4. The number of nitrogens with one attached hydrogen (secondary N) is 1. The number of carbonyl (C=O) groups excluding carboxylic acids is 1. The molecule has 0 radical (unpaired) electrons. The maximum absolute atomic E-state index is 12.0. The highest BCUT2D eigenvalue weighted by Gasteiger charge is 2.16. The van der Waals surface area contributed by atoms with Crippen LogP contribution in [0.1, 0.15) is 13.8 Å². The van der Waals surface area contributed by atoms with Gasteiger partial charge in [0.05, 0.1) is 11.8 Å². The van der Waals surface area contributed by atoms with Gasteiger partial charge in [0.15, 0.2) is 0 Å². The first kappa shape index (κ1) is 14.4. The van der Waals surface area contributed by atoms with Gasteiger partial charge in [-0.15, -0.1) is 0 Å². The monoisotopic (exact) mass is 293 g/mol. The second-order valence-electron chi connectivity index (χ2n) is 4.18. The predicted octanol–water partition coefficient (Wildman–Crippen LogP) is 3.87. The van der Waals surface area contributed by atoms with E-state index in [2.05, 4.69) is 10.5 Å². The van der Waals surface area contributed by atoms with Crippen LogP contribution in [0.5, 0.6) is 0 Å². The molecule has 2 aromatic rings. The van der Waals surface area contributed by atoms with Crippen molar-refractivity contribution in [2.75, 3.05) is 18.4 Å². The van der Waals surface area contributed by atoms with Crippen LogP contribution in [0, 0.1) is 0 Å². The molecule has 1 N–H and O–H groups in total. The van der Waals surface area contributed by atoms with Gasteiger partial charge in [-0.3, -0.25) is 5.32 Å². The zero-order valence-corrected chi connectivity index (χ0v) is 12.1. The Morgan fingerprint density at radius 2 is 1.95 bits per heavy atom. The molecule has 0 fully saturated rings. The molecule has 20 heavy (non-hydrogen) atoms. The second kappa shape index (κ2) is 6.43. The summed E-state index contributed by atoms with van der Waals surface area (Å²) in [5, 5.41) is 7.13. The minimum atomic E-state index is -0.207. The lowest BCUT2D eigenvalue weighted by Gasteiger charge is -2.18. The van der Waals surface area contributed by atoms with Gasteiger partial charge >= 0.3 is 6.03 Å². The third-order valence-corrected chi connectivity index (χ3v) is 3.25. The van der Waals surface area contributed by atoms with Crippen molar-refractivity contribution in [2.45, 2.75) is 13.8 Å². The fourth-order valence-electron chi connectivity index (χ4n) is 1.85. The summed E-state index contributed by atoms with van der Waals surface area (Å²) in [5.74, 6) is 0.337. The topological polar surface area (TPSA) is 58.4 Å². The molecule has 5 nitrogen and oxygen atoms in total. The Kier molecular flexibility index (Phi) is 4.63. The van der Waals surface area contributed by atoms with Crippen molar-refractivity contribution in [1.82, 2.24) is 10.1 Å². The van der Waals surface area contributed by atoms with Gasteiger partial charge in [0.25, 0.3) is 0 Å². The van der Waals surface area contributed by atoms with Gasteiger partial charge in [0.2, 0.25) is 5.88 Å². The highest BCUT2D eigenvalue weighted by Crippen LogP contribution is 2.28. The number of carbonyl (C=O) groups is 1. The predicted molar refractivity (Wildman–Crippen MR) is 78.9 cm³/mol. The Hall–Kier alpha value is -2.01. The summed E-state index contributed by atoms with van der Waals surface area (Å²) in [5.41, 5.74) is 1.60. The van der Waals surface area contributed by atoms with E-state index < -0.39 is 0 Å². The van der Waals surface area contributed by atoms with Crippen LogP contribution < -0.4 is 5.32 Å². The normalized spacial score (nSPS) is 10.3. The van der Waals surface area contributed by atoms with Crippen LogP contribution in [0.2, 0.25) is 5.02 Å². The molecule has 0 spiro atoms. The largest absolute Gasteiger partial charge is 0.338 e.